The lowest BCUT2D eigenvalue weighted by molar-refractivity contribution is -0.139. The summed E-state index contributed by atoms with van der Waals surface area (Å²) in [7, 11) is -4.01. The number of nitrogens with one attached hydrogen (secondary N) is 1. The molecule has 1 atom stereocenters. The summed E-state index contributed by atoms with van der Waals surface area (Å²) in [5, 5.41) is 20.2. The number of carbonyl (C=O) groups is 2. The topological polar surface area (TPSA) is 142 Å². The normalized spacial score (nSPS) is 13.0. The number of ether oxygens (including phenoxy) is 1. The van der Waals surface area contributed by atoms with E-state index in [2.05, 4.69) is 15.6 Å². The Balaban J connectivity index is 1.12. The van der Waals surface area contributed by atoms with E-state index in [9.17, 15) is 19.3 Å². The van der Waals surface area contributed by atoms with Gasteiger partial charge in [0.2, 0.25) is 0 Å². The van der Waals surface area contributed by atoms with Gasteiger partial charge in [0.05, 0.1) is 26.0 Å². The SMILES string of the molecule is O=C(N[C@@H](Cn1cc(P(=O)(OCc2ccccc2)OCc2ccccc2)nn1)C(=O)O)OCC1c2ccccc2-c2ccccc21. The third-order valence-electron chi connectivity index (χ3n) is 7.60. The Labute approximate surface area is 265 Å². The number of nitrogens with zero attached hydrogens (tertiary/aromatic N) is 3. The average Bonchev–Trinajstić information content (AvgIpc) is 3.69. The zero-order valence-corrected chi connectivity index (χ0v) is 25.5. The van der Waals surface area contributed by atoms with Gasteiger partial charge in [-0.2, -0.15) is 0 Å². The molecule has 11 nitrogen and oxygen atoms in total. The van der Waals surface area contributed by atoms with E-state index in [1.165, 1.54) is 10.9 Å². The van der Waals surface area contributed by atoms with Crippen molar-refractivity contribution in [3.05, 3.63) is 138 Å². The molecule has 1 aromatic heterocycles. The fraction of sp³-hybridized carbons (Fsp3) is 0.176. The van der Waals surface area contributed by atoms with Crippen molar-refractivity contribution >= 4 is 25.1 Å². The zero-order valence-electron chi connectivity index (χ0n) is 24.6. The molecule has 4 aromatic carbocycles. The molecule has 0 aliphatic heterocycles. The number of rotatable bonds is 13. The molecule has 1 aliphatic rings. The first kappa shape index (κ1) is 30.9. The van der Waals surface area contributed by atoms with Gasteiger partial charge in [-0.1, -0.05) is 114 Å². The number of aliphatic carboxylic acids is 1. The highest BCUT2D eigenvalue weighted by Crippen LogP contribution is 2.48. The molecule has 234 valence electrons. The summed E-state index contributed by atoms with van der Waals surface area (Å²) in [5.41, 5.74) is 5.69. The molecule has 1 aliphatic carbocycles. The van der Waals surface area contributed by atoms with Gasteiger partial charge in [-0.3, -0.25) is 13.6 Å². The summed E-state index contributed by atoms with van der Waals surface area (Å²) in [4.78, 5) is 24.9. The van der Waals surface area contributed by atoms with Gasteiger partial charge in [-0.05, 0) is 33.4 Å². The minimum Gasteiger partial charge on any atom is -0.480 e. The fourth-order valence-electron chi connectivity index (χ4n) is 5.29. The first-order chi connectivity index (χ1) is 22.4. The Morgan fingerprint density at radius 1 is 0.804 bits per heavy atom. The molecule has 12 heteroatoms. The number of fused-ring (bicyclic) bond motifs is 3. The quantitative estimate of drug-likeness (QED) is 0.159. The van der Waals surface area contributed by atoms with Crippen LogP contribution in [0.15, 0.2) is 115 Å². The van der Waals surface area contributed by atoms with Crippen molar-refractivity contribution in [3.8, 4) is 11.1 Å². The highest BCUT2D eigenvalue weighted by atomic mass is 31.2. The Hall–Kier alpha value is -5.09. The molecule has 0 bridgehead atoms. The number of carboxylic acids is 1. The monoisotopic (exact) mass is 638 g/mol. The minimum atomic E-state index is -4.01. The van der Waals surface area contributed by atoms with E-state index in [1.807, 2.05) is 109 Å². The van der Waals surface area contributed by atoms with E-state index in [1.54, 1.807) is 0 Å². The van der Waals surface area contributed by atoms with E-state index >= 15 is 0 Å². The number of hydrogen-bond acceptors (Lipinski definition) is 8. The van der Waals surface area contributed by atoms with Gasteiger partial charge in [-0.25, -0.2) is 14.3 Å². The van der Waals surface area contributed by atoms with Gasteiger partial charge in [0, 0.05) is 5.92 Å². The van der Waals surface area contributed by atoms with Crippen LogP contribution in [0.5, 0.6) is 0 Å². The Morgan fingerprint density at radius 2 is 1.33 bits per heavy atom. The predicted molar refractivity (Wildman–Crippen MR) is 169 cm³/mol. The molecule has 6 rings (SSSR count). The predicted octanol–water partition coefficient (Wildman–Crippen LogP) is 5.52. The molecule has 0 unspecified atom stereocenters. The minimum absolute atomic E-state index is 0.0130. The molecule has 5 aromatic rings. The van der Waals surface area contributed by atoms with Crippen LogP contribution >= 0.6 is 7.60 Å². The molecule has 46 heavy (non-hydrogen) atoms. The molecule has 2 N–H and O–H groups in total. The van der Waals surface area contributed by atoms with Crippen LogP contribution in [0.3, 0.4) is 0 Å². The van der Waals surface area contributed by atoms with E-state index in [0.717, 1.165) is 33.4 Å². The van der Waals surface area contributed by atoms with Crippen LogP contribution in [0.4, 0.5) is 4.79 Å². The average molecular weight is 639 g/mol. The maximum absolute atomic E-state index is 14.0. The van der Waals surface area contributed by atoms with Crippen molar-refractivity contribution in [1.82, 2.24) is 20.3 Å². The molecule has 0 radical (unpaired) electrons. The van der Waals surface area contributed by atoms with Crippen molar-refractivity contribution < 1.29 is 33.0 Å². The van der Waals surface area contributed by atoms with E-state index < -0.39 is 25.7 Å². The number of aromatic nitrogens is 3. The highest BCUT2D eigenvalue weighted by Gasteiger charge is 2.33. The maximum Gasteiger partial charge on any atom is 0.407 e. The summed E-state index contributed by atoms with van der Waals surface area (Å²) in [6, 6.07) is 32.8. The summed E-state index contributed by atoms with van der Waals surface area (Å²) < 4.78 is 32.3. The van der Waals surface area contributed by atoms with Crippen LogP contribution in [0, 0.1) is 0 Å². The maximum atomic E-state index is 14.0. The summed E-state index contributed by atoms with van der Waals surface area (Å²) in [6.45, 7) is -0.314. The summed E-state index contributed by atoms with van der Waals surface area (Å²) >= 11 is 0. The summed E-state index contributed by atoms with van der Waals surface area (Å²) in [6.07, 6.45) is 0.407. The van der Waals surface area contributed by atoms with Crippen LogP contribution < -0.4 is 10.8 Å². The van der Waals surface area contributed by atoms with Crippen LogP contribution in [0.25, 0.3) is 11.1 Å². The van der Waals surface area contributed by atoms with Crippen molar-refractivity contribution in [1.29, 1.82) is 0 Å². The number of carboxylic acid groups (broad SMARTS) is 1. The molecular formula is C34H31N4O7P. The van der Waals surface area contributed by atoms with E-state index in [-0.39, 0.29) is 37.7 Å². The van der Waals surface area contributed by atoms with Gasteiger partial charge in [0.1, 0.15) is 12.6 Å². The van der Waals surface area contributed by atoms with Crippen molar-refractivity contribution in [2.24, 2.45) is 0 Å². The molecule has 1 amide bonds. The second-order valence-electron chi connectivity index (χ2n) is 10.7. The lowest BCUT2D eigenvalue weighted by Crippen LogP contribution is -2.44. The van der Waals surface area contributed by atoms with Gasteiger partial charge >= 0.3 is 19.7 Å². The smallest absolute Gasteiger partial charge is 0.407 e. The number of benzene rings is 4. The van der Waals surface area contributed by atoms with Crippen LogP contribution in [-0.4, -0.2) is 44.8 Å². The fourth-order valence-corrected chi connectivity index (χ4v) is 6.70. The van der Waals surface area contributed by atoms with Crippen molar-refractivity contribution in [3.63, 3.8) is 0 Å². The zero-order chi connectivity index (χ0) is 31.9. The van der Waals surface area contributed by atoms with Gasteiger partial charge in [-0.15, -0.1) is 5.10 Å². The van der Waals surface area contributed by atoms with E-state index in [4.69, 9.17) is 13.8 Å². The summed E-state index contributed by atoms with van der Waals surface area (Å²) in [5.74, 6) is -1.49. The number of hydrogen-bond donors (Lipinski definition) is 2. The second-order valence-corrected chi connectivity index (χ2v) is 12.6. The molecule has 0 fully saturated rings. The molecular weight excluding hydrogens is 607 g/mol. The van der Waals surface area contributed by atoms with Crippen molar-refractivity contribution in [2.75, 3.05) is 6.61 Å². The van der Waals surface area contributed by atoms with Crippen LogP contribution in [-0.2, 0) is 42.9 Å². The van der Waals surface area contributed by atoms with Crippen LogP contribution in [0.2, 0.25) is 0 Å². The Morgan fingerprint density at radius 3 is 1.87 bits per heavy atom. The lowest BCUT2D eigenvalue weighted by atomic mass is 9.98. The first-order valence-corrected chi connectivity index (χ1v) is 16.2. The lowest BCUT2D eigenvalue weighted by Gasteiger charge is -2.17. The highest BCUT2D eigenvalue weighted by molar-refractivity contribution is 7.61. The largest absolute Gasteiger partial charge is 0.480 e. The molecule has 0 saturated heterocycles. The third-order valence-corrected chi connectivity index (χ3v) is 9.30. The van der Waals surface area contributed by atoms with Crippen LogP contribution in [0.1, 0.15) is 28.2 Å². The van der Waals surface area contributed by atoms with Gasteiger partial charge < -0.3 is 15.2 Å². The molecule has 0 saturated carbocycles. The number of carbonyl (C=O) groups excluding carboxylic acids is 1. The first-order valence-electron chi connectivity index (χ1n) is 14.6. The molecule has 0 spiro atoms. The standard InChI is InChI=1S/C34H31N4O7P/c39-33(40)31(35-34(41)43-23-30-28-17-9-7-15-26(28)27-16-8-10-18-29(27)30)19-38-20-32(36-37-38)46(42,44-21-24-11-3-1-4-12-24)45-22-25-13-5-2-6-14-25/h1-18,20,30-31H,19,21-23H2,(H,35,41)(H,39,40)/t31-/m0/s1. The Kier molecular flexibility index (Phi) is 9.35. The third kappa shape index (κ3) is 7.07. The number of amides is 1. The molecule has 1 heterocycles. The Bertz CT molecular complexity index is 1770. The van der Waals surface area contributed by atoms with Gasteiger partial charge in [0.15, 0.2) is 5.44 Å². The number of alkyl carbamates (subject to hydrolysis) is 1. The van der Waals surface area contributed by atoms with E-state index in [0.29, 0.717) is 0 Å². The second kappa shape index (κ2) is 13.9. The van der Waals surface area contributed by atoms with Crippen molar-refractivity contribution in [2.45, 2.75) is 31.7 Å². The van der Waals surface area contributed by atoms with Gasteiger partial charge in [0.25, 0.3) is 0 Å².